The smallest absolute Gasteiger partial charge is 0.326 e. The van der Waals surface area contributed by atoms with Gasteiger partial charge in [0.15, 0.2) is 0 Å². The molecule has 1 heterocycles. The zero-order chi connectivity index (χ0) is 13.8. The van der Waals surface area contributed by atoms with Crippen molar-refractivity contribution in [1.82, 2.24) is 5.32 Å². The van der Waals surface area contributed by atoms with Crippen molar-refractivity contribution in [3.05, 3.63) is 29.3 Å². The summed E-state index contributed by atoms with van der Waals surface area (Å²) in [4.78, 5) is 22.9. The van der Waals surface area contributed by atoms with Crippen LogP contribution in [-0.2, 0) is 11.2 Å². The van der Waals surface area contributed by atoms with E-state index in [1.165, 1.54) is 0 Å². The Hall–Kier alpha value is -2.04. The zero-order valence-electron chi connectivity index (χ0n) is 10.8. The van der Waals surface area contributed by atoms with Crippen molar-refractivity contribution in [3.63, 3.8) is 0 Å². The minimum atomic E-state index is -1.02. The average molecular weight is 263 g/mol. The Kier molecular flexibility index (Phi) is 4.04. The highest BCUT2D eigenvalue weighted by atomic mass is 16.5. The fourth-order valence-corrected chi connectivity index (χ4v) is 2.08. The number of fused-ring (bicyclic) bond motifs is 1. The van der Waals surface area contributed by atoms with Gasteiger partial charge >= 0.3 is 5.97 Å². The first-order chi connectivity index (χ1) is 9.11. The molecule has 1 atom stereocenters. The Morgan fingerprint density at radius 2 is 2.26 bits per heavy atom. The molecular weight excluding hydrogens is 246 g/mol. The first kappa shape index (κ1) is 13.4. The van der Waals surface area contributed by atoms with Crippen molar-refractivity contribution >= 4 is 11.9 Å². The number of hydrogen-bond acceptors (Lipinski definition) is 3. The van der Waals surface area contributed by atoms with Gasteiger partial charge in [-0.25, -0.2) is 4.79 Å². The van der Waals surface area contributed by atoms with Gasteiger partial charge in [-0.1, -0.05) is 6.92 Å². The van der Waals surface area contributed by atoms with Gasteiger partial charge in [0.25, 0.3) is 5.91 Å². The third-order valence-corrected chi connectivity index (χ3v) is 3.18. The number of aliphatic carboxylic acids is 1. The SMILES string of the molecule is CC[C@@H](NC(=O)c1ccc2c(c1)CCCO2)C(=O)O. The summed E-state index contributed by atoms with van der Waals surface area (Å²) in [5.41, 5.74) is 1.48. The van der Waals surface area contributed by atoms with Crippen molar-refractivity contribution in [3.8, 4) is 5.75 Å². The van der Waals surface area contributed by atoms with E-state index in [0.29, 0.717) is 18.6 Å². The first-order valence-electron chi connectivity index (χ1n) is 6.41. The summed E-state index contributed by atoms with van der Waals surface area (Å²) in [7, 11) is 0. The lowest BCUT2D eigenvalue weighted by molar-refractivity contribution is -0.139. The van der Waals surface area contributed by atoms with Crippen molar-refractivity contribution in [2.24, 2.45) is 0 Å². The molecule has 1 aliphatic heterocycles. The maximum absolute atomic E-state index is 12.0. The summed E-state index contributed by atoms with van der Waals surface area (Å²) in [5.74, 6) is -0.562. The Labute approximate surface area is 111 Å². The van der Waals surface area contributed by atoms with Crippen molar-refractivity contribution in [2.45, 2.75) is 32.2 Å². The number of hydrogen-bond donors (Lipinski definition) is 2. The van der Waals surface area contributed by atoms with E-state index in [2.05, 4.69) is 5.32 Å². The summed E-state index contributed by atoms with van der Waals surface area (Å²) >= 11 is 0. The number of aryl methyl sites for hydroxylation is 1. The van der Waals surface area contributed by atoms with E-state index in [9.17, 15) is 9.59 Å². The lowest BCUT2D eigenvalue weighted by Gasteiger charge is -2.18. The third-order valence-electron chi connectivity index (χ3n) is 3.18. The van der Waals surface area contributed by atoms with Crippen molar-refractivity contribution < 1.29 is 19.4 Å². The minimum absolute atomic E-state index is 0.356. The van der Waals surface area contributed by atoms with Gasteiger partial charge in [0, 0.05) is 5.56 Å². The molecule has 102 valence electrons. The van der Waals surface area contributed by atoms with E-state index >= 15 is 0 Å². The lowest BCUT2D eigenvalue weighted by Crippen LogP contribution is -2.40. The molecule has 2 N–H and O–H groups in total. The van der Waals surface area contributed by atoms with Gasteiger partial charge in [-0.15, -0.1) is 0 Å². The molecule has 0 saturated carbocycles. The van der Waals surface area contributed by atoms with Gasteiger partial charge in [0.05, 0.1) is 6.61 Å². The Morgan fingerprint density at radius 3 is 2.95 bits per heavy atom. The molecule has 0 unspecified atom stereocenters. The predicted molar refractivity (Wildman–Crippen MR) is 69.4 cm³/mol. The van der Waals surface area contributed by atoms with Gasteiger partial charge in [-0.2, -0.15) is 0 Å². The standard InChI is InChI=1S/C14H17NO4/c1-2-11(14(17)18)15-13(16)10-5-6-12-9(8-10)4-3-7-19-12/h5-6,8,11H,2-4,7H2,1H3,(H,15,16)(H,17,18)/t11-/m1/s1. The van der Waals surface area contributed by atoms with Crippen LogP contribution in [0.25, 0.3) is 0 Å². The van der Waals surface area contributed by atoms with Crippen LogP contribution in [0.1, 0.15) is 35.7 Å². The van der Waals surface area contributed by atoms with E-state index < -0.39 is 12.0 Å². The van der Waals surface area contributed by atoms with Crippen molar-refractivity contribution in [2.75, 3.05) is 6.61 Å². The van der Waals surface area contributed by atoms with Gasteiger partial charge < -0.3 is 15.2 Å². The molecule has 0 bridgehead atoms. The number of rotatable bonds is 4. The maximum Gasteiger partial charge on any atom is 0.326 e. The van der Waals surface area contributed by atoms with E-state index in [-0.39, 0.29) is 5.91 Å². The van der Waals surface area contributed by atoms with Crippen LogP contribution in [-0.4, -0.2) is 29.6 Å². The summed E-state index contributed by atoms with van der Waals surface area (Å²) in [6.07, 6.45) is 2.17. The van der Waals surface area contributed by atoms with Gasteiger partial charge in [0.2, 0.25) is 0 Å². The van der Waals surface area contributed by atoms with Gasteiger partial charge in [-0.3, -0.25) is 4.79 Å². The summed E-state index contributed by atoms with van der Waals surface area (Å²) in [5, 5.41) is 11.4. The number of ether oxygens (including phenoxy) is 1. The van der Waals surface area contributed by atoms with Crippen LogP contribution in [0, 0.1) is 0 Å². The van der Waals surface area contributed by atoms with Crippen LogP contribution in [0.5, 0.6) is 5.75 Å². The molecule has 0 spiro atoms. The molecule has 0 aliphatic carbocycles. The highest BCUT2D eigenvalue weighted by Crippen LogP contribution is 2.25. The molecule has 0 aromatic heterocycles. The summed E-state index contributed by atoms with van der Waals surface area (Å²) in [6, 6.07) is 4.36. The maximum atomic E-state index is 12.0. The number of carboxylic acid groups (broad SMARTS) is 1. The van der Waals surface area contributed by atoms with E-state index in [0.717, 1.165) is 24.2 Å². The fraction of sp³-hybridized carbons (Fsp3) is 0.429. The topological polar surface area (TPSA) is 75.6 Å². The van der Waals surface area contributed by atoms with Crippen molar-refractivity contribution in [1.29, 1.82) is 0 Å². The van der Waals surface area contributed by atoms with Crippen LogP contribution in [0.2, 0.25) is 0 Å². The number of carbonyl (C=O) groups excluding carboxylic acids is 1. The van der Waals surface area contributed by atoms with Crippen LogP contribution in [0.15, 0.2) is 18.2 Å². The van der Waals surface area contributed by atoms with E-state index in [1.54, 1.807) is 25.1 Å². The second kappa shape index (κ2) is 5.73. The van der Waals surface area contributed by atoms with Crippen LogP contribution in [0.3, 0.4) is 0 Å². The number of benzene rings is 1. The number of nitrogens with one attached hydrogen (secondary N) is 1. The molecular formula is C14H17NO4. The second-order valence-electron chi connectivity index (χ2n) is 4.55. The largest absolute Gasteiger partial charge is 0.493 e. The van der Waals surface area contributed by atoms with E-state index in [4.69, 9.17) is 9.84 Å². The Balaban J connectivity index is 2.13. The highest BCUT2D eigenvalue weighted by Gasteiger charge is 2.19. The first-order valence-corrected chi connectivity index (χ1v) is 6.41. The fourth-order valence-electron chi connectivity index (χ4n) is 2.08. The normalized spacial score (nSPS) is 15.0. The predicted octanol–water partition coefficient (Wildman–Crippen LogP) is 1.60. The lowest BCUT2D eigenvalue weighted by atomic mass is 10.0. The Bertz CT molecular complexity index is 498. The molecule has 19 heavy (non-hydrogen) atoms. The molecule has 0 saturated heterocycles. The second-order valence-corrected chi connectivity index (χ2v) is 4.55. The molecule has 5 nitrogen and oxygen atoms in total. The number of carbonyl (C=O) groups is 2. The van der Waals surface area contributed by atoms with Crippen LogP contribution >= 0.6 is 0 Å². The van der Waals surface area contributed by atoms with E-state index in [1.807, 2.05) is 0 Å². The van der Waals surface area contributed by atoms with Gasteiger partial charge in [-0.05, 0) is 43.0 Å². The molecule has 1 aliphatic rings. The molecule has 1 aromatic carbocycles. The minimum Gasteiger partial charge on any atom is -0.493 e. The number of carboxylic acids is 1. The quantitative estimate of drug-likeness (QED) is 0.865. The van der Waals surface area contributed by atoms with Crippen LogP contribution < -0.4 is 10.1 Å². The third kappa shape index (κ3) is 3.05. The molecule has 5 heteroatoms. The van der Waals surface area contributed by atoms with Crippen LogP contribution in [0.4, 0.5) is 0 Å². The average Bonchev–Trinajstić information content (AvgIpc) is 2.43. The molecule has 2 rings (SSSR count). The Morgan fingerprint density at radius 1 is 1.47 bits per heavy atom. The zero-order valence-corrected chi connectivity index (χ0v) is 10.8. The highest BCUT2D eigenvalue weighted by molar-refractivity contribution is 5.96. The molecule has 1 aromatic rings. The molecule has 0 fully saturated rings. The molecule has 1 amide bonds. The summed E-state index contributed by atoms with van der Waals surface area (Å²) in [6.45, 7) is 2.43. The summed E-state index contributed by atoms with van der Waals surface area (Å²) < 4.78 is 5.47. The number of amides is 1. The monoisotopic (exact) mass is 263 g/mol. The van der Waals surface area contributed by atoms with Gasteiger partial charge in [0.1, 0.15) is 11.8 Å². The molecule has 0 radical (unpaired) electrons.